The summed E-state index contributed by atoms with van der Waals surface area (Å²) in [5.41, 5.74) is 5.41. The molecule has 2 atom stereocenters. The maximum Gasteiger partial charge on any atom is 0.253 e. The Hall–Kier alpha value is -3.82. The van der Waals surface area contributed by atoms with Gasteiger partial charge in [-0.1, -0.05) is 34.9 Å². The largest absolute Gasteiger partial charge is 0.508 e. The van der Waals surface area contributed by atoms with Crippen molar-refractivity contribution in [3.05, 3.63) is 47.5 Å². The predicted molar refractivity (Wildman–Crippen MR) is 142 cm³/mol. The number of hydrogen-bond acceptors (Lipinski definition) is 13. The number of phenolic OH excluding ortho intramolecular Hbond substituents is 4. The van der Waals surface area contributed by atoms with Crippen LogP contribution in [0.2, 0.25) is 0 Å². The van der Waals surface area contributed by atoms with E-state index in [-0.39, 0.29) is 23.0 Å². The Morgan fingerprint density at radius 3 is 1.59 bits per heavy atom. The highest BCUT2D eigenvalue weighted by atomic mass is 32.2. The Bertz CT molecular complexity index is 1230. The van der Waals surface area contributed by atoms with Crippen molar-refractivity contribution in [3.63, 3.8) is 0 Å². The number of carbonyl (C=O) groups excluding carboxylic acids is 2. The fourth-order valence-electron chi connectivity index (χ4n) is 2.50. The van der Waals surface area contributed by atoms with Gasteiger partial charge < -0.3 is 20.4 Å². The van der Waals surface area contributed by atoms with Crippen molar-refractivity contribution in [1.29, 1.82) is 0 Å². The minimum atomic E-state index is -0.553. The maximum atomic E-state index is 12.3. The molecule has 3 rings (SSSR count). The van der Waals surface area contributed by atoms with Crippen LogP contribution in [0, 0.1) is 0 Å². The van der Waals surface area contributed by atoms with E-state index in [1.165, 1.54) is 71.6 Å². The van der Waals surface area contributed by atoms with Gasteiger partial charge in [-0.05, 0) is 38.1 Å². The molecule has 0 aliphatic heterocycles. The lowest BCUT2D eigenvalue weighted by Gasteiger charge is -2.07. The van der Waals surface area contributed by atoms with Gasteiger partial charge in [0.15, 0.2) is 8.68 Å². The molecule has 0 unspecified atom stereocenters. The highest BCUT2D eigenvalue weighted by molar-refractivity contribution is 8.04. The highest BCUT2D eigenvalue weighted by Crippen LogP contribution is 2.33. The monoisotopic (exact) mass is 562 g/mol. The molecule has 0 saturated heterocycles. The maximum absolute atomic E-state index is 12.3. The van der Waals surface area contributed by atoms with E-state index in [1.807, 2.05) is 0 Å². The Morgan fingerprint density at radius 1 is 0.811 bits per heavy atom. The van der Waals surface area contributed by atoms with Crippen molar-refractivity contribution < 1.29 is 30.0 Å². The van der Waals surface area contributed by atoms with Gasteiger partial charge in [0.25, 0.3) is 11.8 Å². The summed E-state index contributed by atoms with van der Waals surface area (Å²) in [4.78, 5) is 24.6. The van der Waals surface area contributed by atoms with E-state index >= 15 is 0 Å². The fraction of sp³-hybridized carbons (Fsp3) is 0.182. The molecule has 1 aromatic heterocycles. The zero-order chi connectivity index (χ0) is 26.9. The third-order valence-corrected chi connectivity index (χ3v) is 7.76. The van der Waals surface area contributed by atoms with Gasteiger partial charge in [-0.15, -0.1) is 10.2 Å². The van der Waals surface area contributed by atoms with Gasteiger partial charge in [-0.25, -0.2) is 10.9 Å². The van der Waals surface area contributed by atoms with Crippen LogP contribution in [0.4, 0.5) is 0 Å². The van der Waals surface area contributed by atoms with Crippen molar-refractivity contribution in [3.8, 4) is 23.0 Å². The van der Waals surface area contributed by atoms with Crippen LogP contribution in [0.3, 0.4) is 0 Å². The summed E-state index contributed by atoms with van der Waals surface area (Å²) in [6.07, 6.45) is 2.52. The number of phenols is 4. The number of thioether (sulfide) groups is 2. The molecule has 0 radical (unpaired) electrons. The molecule has 15 heteroatoms. The summed E-state index contributed by atoms with van der Waals surface area (Å²) in [7, 11) is 0. The zero-order valence-corrected chi connectivity index (χ0v) is 21.8. The van der Waals surface area contributed by atoms with E-state index in [0.29, 0.717) is 19.8 Å². The SMILES string of the molecule is C[C@H](Sc1nnc(S[C@H](C)C(=O)N/N=C\c2ccc(O)cc2O)s1)C(=O)N/N=C\c1ccc(O)cc1O. The number of nitrogens with zero attached hydrogens (tertiary/aromatic N) is 4. The van der Waals surface area contributed by atoms with Crippen LogP contribution in [0.15, 0.2) is 55.3 Å². The molecule has 0 bridgehead atoms. The van der Waals surface area contributed by atoms with Crippen LogP contribution in [0.1, 0.15) is 25.0 Å². The molecule has 0 aliphatic carbocycles. The number of hydrazone groups is 2. The first-order valence-corrected chi connectivity index (χ1v) is 13.1. The first kappa shape index (κ1) is 27.8. The first-order valence-electron chi connectivity index (χ1n) is 10.5. The number of hydrogen-bond donors (Lipinski definition) is 6. The number of rotatable bonds is 10. The van der Waals surface area contributed by atoms with Gasteiger partial charge in [0.05, 0.1) is 22.9 Å². The lowest BCUT2D eigenvalue weighted by atomic mass is 10.2. The Labute approximate surface area is 223 Å². The van der Waals surface area contributed by atoms with Crippen LogP contribution in [-0.2, 0) is 9.59 Å². The van der Waals surface area contributed by atoms with E-state index < -0.39 is 22.3 Å². The van der Waals surface area contributed by atoms with E-state index in [4.69, 9.17) is 0 Å². The normalized spacial score (nSPS) is 13.0. The smallest absolute Gasteiger partial charge is 0.253 e. The third-order valence-electron chi connectivity index (χ3n) is 4.47. The van der Waals surface area contributed by atoms with Crippen LogP contribution in [0.25, 0.3) is 0 Å². The summed E-state index contributed by atoms with van der Waals surface area (Å²) >= 11 is 3.57. The predicted octanol–water partition coefficient (Wildman–Crippen LogP) is 2.62. The zero-order valence-electron chi connectivity index (χ0n) is 19.4. The van der Waals surface area contributed by atoms with Crippen LogP contribution >= 0.6 is 34.9 Å². The van der Waals surface area contributed by atoms with Crippen molar-refractivity contribution in [2.24, 2.45) is 10.2 Å². The third kappa shape index (κ3) is 8.37. The molecular formula is C22H22N6O6S3. The molecule has 2 amide bonds. The average molecular weight is 563 g/mol. The molecule has 0 aliphatic rings. The molecule has 2 aromatic carbocycles. The standard InChI is InChI=1S/C22H22N6O6S3/c1-11(19(33)25-23-9-13-3-5-15(29)7-17(13)31)35-21-27-28-22(37-21)36-12(2)20(34)26-24-10-14-4-6-16(30)8-18(14)32/h3-12,29-32H,1-2H3,(H,25,33)(H,26,34)/b23-9-,24-10-/t11-,12+. The second kappa shape index (κ2) is 12.9. The van der Waals surface area contributed by atoms with Gasteiger partial charge in [-0.3, -0.25) is 9.59 Å². The molecular weight excluding hydrogens is 540 g/mol. The number of benzene rings is 2. The topological polar surface area (TPSA) is 190 Å². The van der Waals surface area contributed by atoms with Gasteiger partial charge >= 0.3 is 0 Å². The Kier molecular flexibility index (Phi) is 9.71. The minimum Gasteiger partial charge on any atom is -0.508 e. The van der Waals surface area contributed by atoms with Gasteiger partial charge in [-0.2, -0.15) is 10.2 Å². The lowest BCUT2D eigenvalue weighted by molar-refractivity contribution is -0.121. The number of carbonyl (C=O) groups is 2. The minimum absolute atomic E-state index is 0.0893. The number of aromatic hydroxyl groups is 4. The second-order valence-corrected chi connectivity index (χ2v) is 11.5. The highest BCUT2D eigenvalue weighted by Gasteiger charge is 2.20. The fourth-order valence-corrected chi connectivity index (χ4v) is 5.79. The molecule has 12 nitrogen and oxygen atoms in total. The van der Waals surface area contributed by atoms with Gasteiger partial charge in [0, 0.05) is 23.3 Å². The molecule has 0 spiro atoms. The van der Waals surface area contributed by atoms with E-state index in [0.717, 1.165) is 12.1 Å². The lowest BCUT2D eigenvalue weighted by Crippen LogP contribution is -2.26. The van der Waals surface area contributed by atoms with Crippen LogP contribution in [0.5, 0.6) is 23.0 Å². The summed E-state index contributed by atoms with van der Waals surface area (Å²) < 4.78 is 1.05. The van der Waals surface area contributed by atoms with Crippen LogP contribution < -0.4 is 10.9 Å². The van der Waals surface area contributed by atoms with Crippen molar-refractivity contribution in [1.82, 2.24) is 21.0 Å². The second-order valence-electron chi connectivity index (χ2n) is 7.31. The number of amides is 2. The van der Waals surface area contributed by atoms with Gasteiger partial charge in [0.1, 0.15) is 23.0 Å². The summed E-state index contributed by atoms with van der Waals surface area (Å²) in [5.74, 6) is -1.32. The van der Waals surface area contributed by atoms with Crippen molar-refractivity contribution in [2.45, 2.75) is 33.0 Å². The summed E-state index contributed by atoms with van der Waals surface area (Å²) in [5, 5.41) is 52.7. The number of aromatic nitrogens is 2. The molecule has 37 heavy (non-hydrogen) atoms. The number of nitrogens with one attached hydrogen (secondary N) is 2. The molecule has 6 N–H and O–H groups in total. The van der Waals surface area contributed by atoms with E-state index in [2.05, 4.69) is 31.3 Å². The summed E-state index contributed by atoms with van der Waals surface area (Å²) in [6.45, 7) is 3.34. The van der Waals surface area contributed by atoms with Crippen molar-refractivity contribution in [2.75, 3.05) is 0 Å². The van der Waals surface area contributed by atoms with Gasteiger partial charge in [0.2, 0.25) is 0 Å². The Morgan fingerprint density at radius 2 is 1.22 bits per heavy atom. The molecule has 1 heterocycles. The Balaban J connectivity index is 1.46. The molecule has 3 aromatic rings. The van der Waals surface area contributed by atoms with E-state index in [9.17, 15) is 30.0 Å². The average Bonchev–Trinajstić information content (AvgIpc) is 3.28. The quantitative estimate of drug-likeness (QED) is 0.122. The van der Waals surface area contributed by atoms with Crippen molar-refractivity contribution >= 4 is 59.1 Å². The van der Waals surface area contributed by atoms with Crippen LogP contribution in [-0.4, -0.2) is 65.4 Å². The first-order chi connectivity index (χ1) is 17.6. The summed E-state index contributed by atoms with van der Waals surface area (Å²) in [6, 6.07) is 7.99. The molecule has 0 saturated carbocycles. The molecule has 194 valence electrons. The van der Waals surface area contributed by atoms with E-state index in [1.54, 1.807) is 13.8 Å². The molecule has 0 fully saturated rings.